The maximum atomic E-state index is 12.1. The maximum absolute atomic E-state index is 12.1. The fraction of sp³-hybridized carbons (Fsp3) is 0.316. The minimum atomic E-state index is -0.0173. The van der Waals surface area contributed by atoms with Gasteiger partial charge < -0.3 is 4.42 Å². The van der Waals surface area contributed by atoms with Gasteiger partial charge >= 0.3 is 0 Å². The molecule has 0 spiro atoms. The van der Waals surface area contributed by atoms with Crippen molar-refractivity contribution in [3.05, 3.63) is 62.8 Å². The average Bonchev–Trinajstić information content (AvgIpc) is 3.29. The van der Waals surface area contributed by atoms with Crippen molar-refractivity contribution in [2.45, 2.75) is 25.3 Å². The zero-order chi connectivity index (χ0) is 18.4. The smallest absolute Gasteiger partial charge is 0.258 e. The second-order valence-electron chi connectivity index (χ2n) is 6.86. The molecule has 0 saturated carbocycles. The van der Waals surface area contributed by atoms with E-state index in [1.54, 1.807) is 16.7 Å². The summed E-state index contributed by atoms with van der Waals surface area (Å²) >= 11 is 7.51. The van der Waals surface area contributed by atoms with Gasteiger partial charge in [-0.05, 0) is 44.1 Å². The summed E-state index contributed by atoms with van der Waals surface area (Å²) in [4.78, 5) is 24.4. The van der Waals surface area contributed by atoms with Crippen molar-refractivity contribution in [1.82, 2.24) is 19.3 Å². The van der Waals surface area contributed by atoms with Gasteiger partial charge in [0, 0.05) is 35.1 Å². The SMILES string of the molecule is O=c1cc(CN2CCC(c3nc4cc(Cl)ccc4o3)CC2)nc2sccn12. The van der Waals surface area contributed by atoms with Gasteiger partial charge in [-0.15, -0.1) is 11.3 Å². The van der Waals surface area contributed by atoms with Gasteiger partial charge in [0.2, 0.25) is 0 Å². The number of likely N-dealkylation sites (tertiary alicyclic amines) is 1. The van der Waals surface area contributed by atoms with Gasteiger partial charge in [0.25, 0.3) is 5.56 Å². The largest absolute Gasteiger partial charge is 0.440 e. The van der Waals surface area contributed by atoms with E-state index < -0.39 is 0 Å². The first-order valence-electron chi connectivity index (χ1n) is 8.90. The molecule has 0 aliphatic carbocycles. The number of rotatable bonds is 3. The summed E-state index contributed by atoms with van der Waals surface area (Å²) in [5, 5.41) is 2.55. The molecule has 0 unspecified atom stereocenters. The Hall–Kier alpha value is -2.22. The molecule has 27 heavy (non-hydrogen) atoms. The average molecular weight is 401 g/mol. The van der Waals surface area contributed by atoms with Gasteiger partial charge in [0.15, 0.2) is 16.4 Å². The number of hydrogen-bond acceptors (Lipinski definition) is 6. The highest BCUT2D eigenvalue weighted by Gasteiger charge is 2.25. The van der Waals surface area contributed by atoms with Crippen molar-refractivity contribution in [3.8, 4) is 0 Å². The van der Waals surface area contributed by atoms with Crippen LogP contribution in [-0.2, 0) is 6.54 Å². The molecule has 5 rings (SSSR count). The molecule has 1 aromatic carbocycles. The van der Waals surface area contributed by atoms with Crippen LogP contribution in [0, 0.1) is 0 Å². The molecule has 8 heteroatoms. The Bertz CT molecular complexity index is 1170. The van der Waals surface area contributed by atoms with Crippen molar-refractivity contribution in [1.29, 1.82) is 0 Å². The van der Waals surface area contributed by atoms with Crippen LogP contribution in [0.3, 0.4) is 0 Å². The van der Waals surface area contributed by atoms with Crippen LogP contribution in [-0.4, -0.2) is 32.4 Å². The summed E-state index contributed by atoms with van der Waals surface area (Å²) in [6.45, 7) is 2.55. The Balaban J connectivity index is 1.28. The van der Waals surface area contributed by atoms with Crippen molar-refractivity contribution >= 4 is 39.0 Å². The molecule has 0 amide bonds. The lowest BCUT2D eigenvalue weighted by molar-refractivity contribution is 0.192. The number of benzene rings is 1. The highest BCUT2D eigenvalue weighted by molar-refractivity contribution is 7.15. The molecular formula is C19H17ClN4O2S. The maximum Gasteiger partial charge on any atom is 0.258 e. The van der Waals surface area contributed by atoms with Gasteiger partial charge in [-0.3, -0.25) is 14.1 Å². The first kappa shape index (κ1) is 16.9. The van der Waals surface area contributed by atoms with Crippen molar-refractivity contribution in [2.24, 2.45) is 0 Å². The third kappa shape index (κ3) is 3.26. The second kappa shape index (κ2) is 6.74. The summed E-state index contributed by atoms with van der Waals surface area (Å²) in [7, 11) is 0. The lowest BCUT2D eigenvalue weighted by atomic mass is 9.96. The normalized spacial score (nSPS) is 16.5. The van der Waals surface area contributed by atoms with Crippen molar-refractivity contribution in [3.63, 3.8) is 0 Å². The molecule has 1 aliphatic rings. The van der Waals surface area contributed by atoms with E-state index in [4.69, 9.17) is 16.0 Å². The summed E-state index contributed by atoms with van der Waals surface area (Å²) < 4.78 is 7.51. The van der Waals surface area contributed by atoms with Gasteiger partial charge in [-0.2, -0.15) is 0 Å². The fourth-order valence-electron chi connectivity index (χ4n) is 3.63. The van der Waals surface area contributed by atoms with Crippen molar-refractivity contribution < 1.29 is 4.42 Å². The topological polar surface area (TPSA) is 63.6 Å². The zero-order valence-electron chi connectivity index (χ0n) is 14.5. The van der Waals surface area contributed by atoms with Gasteiger partial charge in [-0.1, -0.05) is 11.6 Å². The molecule has 0 N–H and O–H groups in total. The number of oxazole rings is 1. The molecular weight excluding hydrogens is 384 g/mol. The molecule has 1 fully saturated rings. The van der Waals surface area contributed by atoms with E-state index >= 15 is 0 Å². The van der Waals surface area contributed by atoms with E-state index in [-0.39, 0.29) is 5.56 Å². The van der Waals surface area contributed by atoms with Gasteiger partial charge in [0.1, 0.15) is 5.52 Å². The van der Waals surface area contributed by atoms with Crippen LogP contribution in [0.5, 0.6) is 0 Å². The monoisotopic (exact) mass is 400 g/mol. The van der Waals surface area contributed by atoms with Crippen LogP contribution in [0.2, 0.25) is 5.02 Å². The van der Waals surface area contributed by atoms with Crippen LogP contribution in [0.4, 0.5) is 0 Å². The highest BCUT2D eigenvalue weighted by Crippen LogP contribution is 2.31. The van der Waals surface area contributed by atoms with Gasteiger partial charge in [-0.25, -0.2) is 9.97 Å². The molecule has 0 radical (unpaired) electrons. The minimum Gasteiger partial charge on any atom is -0.440 e. The molecule has 4 aromatic rings. The number of piperidine rings is 1. The number of aromatic nitrogens is 3. The van der Waals surface area contributed by atoms with E-state index in [2.05, 4.69) is 14.9 Å². The number of nitrogens with zero attached hydrogens (tertiary/aromatic N) is 4. The van der Waals surface area contributed by atoms with Crippen LogP contribution in [0.15, 0.2) is 45.1 Å². The van der Waals surface area contributed by atoms with Crippen LogP contribution >= 0.6 is 22.9 Å². The molecule has 6 nitrogen and oxygen atoms in total. The summed E-state index contributed by atoms with van der Waals surface area (Å²) in [5.41, 5.74) is 2.41. The summed E-state index contributed by atoms with van der Waals surface area (Å²) in [6, 6.07) is 7.16. The van der Waals surface area contributed by atoms with Crippen LogP contribution < -0.4 is 5.56 Å². The molecule has 0 atom stereocenters. The Morgan fingerprint density at radius 1 is 1.22 bits per heavy atom. The van der Waals surface area contributed by atoms with Crippen molar-refractivity contribution in [2.75, 3.05) is 13.1 Å². The lowest BCUT2D eigenvalue weighted by Gasteiger charge is -2.30. The molecule has 0 bridgehead atoms. The minimum absolute atomic E-state index is 0.0173. The predicted molar refractivity (Wildman–Crippen MR) is 106 cm³/mol. The van der Waals surface area contributed by atoms with Crippen LogP contribution in [0.25, 0.3) is 16.1 Å². The molecule has 3 aromatic heterocycles. The van der Waals surface area contributed by atoms with E-state index in [9.17, 15) is 4.79 Å². The Morgan fingerprint density at radius 3 is 2.93 bits per heavy atom. The highest BCUT2D eigenvalue weighted by atomic mass is 35.5. The summed E-state index contributed by atoms with van der Waals surface area (Å²) in [6.07, 6.45) is 3.71. The zero-order valence-corrected chi connectivity index (χ0v) is 16.0. The first-order valence-corrected chi connectivity index (χ1v) is 10.2. The number of hydrogen-bond donors (Lipinski definition) is 0. The first-order chi connectivity index (χ1) is 13.2. The molecule has 138 valence electrons. The quantitative estimate of drug-likeness (QED) is 0.521. The van der Waals surface area contributed by atoms with Crippen LogP contribution in [0.1, 0.15) is 30.3 Å². The molecule has 4 heterocycles. The van der Waals surface area contributed by atoms with E-state index in [0.717, 1.165) is 53.6 Å². The predicted octanol–water partition coefficient (Wildman–Crippen LogP) is 3.93. The van der Waals surface area contributed by atoms with E-state index in [1.165, 1.54) is 11.3 Å². The molecule has 1 aliphatic heterocycles. The number of thiazole rings is 1. The van der Waals surface area contributed by atoms with Gasteiger partial charge in [0.05, 0.1) is 5.69 Å². The number of halogens is 1. The molecule has 1 saturated heterocycles. The second-order valence-corrected chi connectivity index (χ2v) is 8.17. The third-order valence-corrected chi connectivity index (χ3v) is 6.04. The fourth-order valence-corrected chi connectivity index (χ4v) is 4.53. The standard InChI is InChI=1S/C19H17ClN4O2S/c20-13-1-2-16-15(9-13)22-18(26-16)12-3-5-23(6-4-12)11-14-10-17(25)24-7-8-27-19(24)21-14/h1-2,7-10,12H,3-6,11H2. The Morgan fingerprint density at radius 2 is 2.07 bits per heavy atom. The summed E-state index contributed by atoms with van der Waals surface area (Å²) in [5.74, 6) is 1.11. The number of fused-ring (bicyclic) bond motifs is 2. The van der Waals surface area contributed by atoms with E-state index in [0.29, 0.717) is 17.5 Å². The third-order valence-electron chi connectivity index (χ3n) is 5.04. The lowest BCUT2D eigenvalue weighted by Crippen LogP contribution is -2.33. The Kier molecular flexibility index (Phi) is 4.22. The Labute approximate surface area is 164 Å². The van der Waals surface area contributed by atoms with E-state index in [1.807, 2.05) is 23.6 Å².